The second kappa shape index (κ2) is 16.7. The molecule has 0 radical (unpaired) electrons. The molecule has 0 heterocycles. The first-order valence-corrected chi connectivity index (χ1v) is 25.7. The zero-order valence-electron chi connectivity index (χ0n) is 32.9. The van der Waals surface area contributed by atoms with Crippen molar-refractivity contribution in [2.75, 3.05) is 0 Å². The molecule has 0 spiro atoms. The van der Waals surface area contributed by atoms with Gasteiger partial charge in [0.05, 0.1) is 0 Å². The Morgan fingerprint density at radius 2 is 0.608 bits per heavy atom. The van der Waals surface area contributed by atoms with Gasteiger partial charge in [0.2, 0.25) is 0 Å². The van der Waals surface area contributed by atoms with Crippen LogP contribution in [-0.2, 0) is 37.1 Å². The standard InChI is InChI=1S/C44H60I2O4S/c1-13-41(5,6)33-25-17-21-29-37(33)45(38-30-22-18-26-34(38)42(7,8)14-2)49-51(47,48)50-46(39-31-23-19-27-35(39)43(9,10)15-3)40-32-24-20-28-36(40)44(11,12)16-4/h17-32H,13-16H2,1-12H3. The first-order valence-electron chi connectivity index (χ1n) is 18.3. The second-order valence-corrected chi connectivity index (χ2v) is 26.6. The first-order chi connectivity index (χ1) is 23.9. The third kappa shape index (κ3) is 9.48. The van der Waals surface area contributed by atoms with Crippen LogP contribution >= 0.6 is 40.5 Å². The molecule has 4 aromatic carbocycles. The third-order valence-corrected chi connectivity index (χ3v) is 24.3. The summed E-state index contributed by atoms with van der Waals surface area (Å²) in [6, 6.07) is 33.3. The molecule has 0 aliphatic rings. The van der Waals surface area contributed by atoms with Crippen LogP contribution in [-0.4, -0.2) is 8.42 Å². The Morgan fingerprint density at radius 1 is 0.412 bits per heavy atom. The van der Waals surface area contributed by atoms with E-state index in [2.05, 4.69) is 156 Å². The van der Waals surface area contributed by atoms with Gasteiger partial charge in [0, 0.05) is 0 Å². The summed E-state index contributed by atoms with van der Waals surface area (Å²) < 4.78 is 47.2. The van der Waals surface area contributed by atoms with Crippen molar-refractivity contribution in [1.82, 2.24) is 0 Å². The van der Waals surface area contributed by atoms with Gasteiger partial charge < -0.3 is 0 Å². The van der Waals surface area contributed by atoms with Gasteiger partial charge in [0.15, 0.2) is 0 Å². The van der Waals surface area contributed by atoms with Crippen LogP contribution in [0.1, 0.15) is 131 Å². The summed E-state index contributed by atoms with van der Waals surface area (Å²) >= 11 is -6.36. The summed E-state index contributed by atoms with van der Waals surface area (Å²) in [5, 5.41) is 0. The predicted octanol–water partition coefficient (Wildman–Crippen LogP) is 13.3. The van der Waals surface area contributed by atoms with Crippen LogP contribution in [0.5, 0.6) is 0 Å². The van der Waals surface area contributed by atoms with E-state index >= 15 is 0 Å². The molecule has 0 fully saturated rings. The number of halogens is 2. The molecule has 4 nitrogen and oxygen atoms in total. The SMILES string of the molecule is CCC(C)(C)c1ccccc1I(OS(=O)(=O)OI(c1ccccc1C(C)(C)CC)c1ccccc1C(C)(C)CC)c1ccccc1C(C)(C)CC. The van der Waals surface area contributed by atoms with Gasteiger partial charge in [-0.2, -0.15) is 0 Å². The molecule has 0 aliphatic carbocycles. The third-order valence-electron chi connectivity index (χ3n) is 11.0. The molecule has 7 heteroatoms. The molecule has 0 saturated carbocycles. The number of benzene rings is 4. The molecule has 0 unspecified atom stereocenters. The van der Waals surface area contributed by atoms with Crippen molar-refractivity contribution in [2.45, 2.75) is 130 Å². The van der Waals surface area contributed by atoms with Gasteiger partial charge in [-0.3, -0.25) is 0 Å². The van der Waals surface area contributed by atoms with E-state index in [-0.39, 0.29) is 21.7 Å². The summed E-state index contributed by atoms with van der Waals surface area (Å²) in [5.41, 5.74) is 3.84. The monoisotopic (exact) mass is 938 g/mol. The van der Waals surface area contributed by atoms with Crippen LogP contribution in [0.25, 0.3) is 0 Å². The minimum absolute atomic E-state index is 0.177. The fourth-order valence-electron chi connectivity index (χ4n) is 5.92. The van der Waals surface area contributed by atoms with Crippen LogP contribution in [0.4, 0.5) is 0 Å². The average Bonchev–Trinajstić information content (AvgIpc) is 3.13. The maximum atomic E-state index is 14.9. The van der Waals surface area contributed by atoms with Gasteiger partial charge in [-0.05, 0) is 0 Å². The molecule has 0 atom stereocenters. The fraction of sp³-hybridized carbons (Fsp3) is 0.455. The molecule has 0 N–H and O–H groups in total. The first kappa shape index (κ1) is 42.0. The normalized spacial score (nSPS) is 13.6. The van der Waals surface area contributed by atoms with E-state index in [9.17, 15) is 8.42 Å². The van der Waals surface area contributed by atoms with Crippen molar-refractivity contribution >= 4 is 50.9 Å². The van der Waals surface area contributed by atoms with Gasteiger partial charge >= 0.3 is 328 Å². The van der Waals surface area contributed by atoms with Gasteiger partial charge in [0.1, 0.15) is 0 Å². The van der Waals surface area contributed by atoms with Gasteiger partial charge in [-0.1, -0.05) is 0 Å². The Morgan fingerprint density at radius 3 is 0.804 bits per heavy atom. The molecule has 4 rings (SSSR count). The Labute approximate surface area is 325 Å². The van der Waals surface area contributed by atoms with E-state index < -0.39 is 50.9 Å². The Balaban J connectivity index is 1.99. The average molecular weight is 939 g/mol. The van der Waals surface area contributed by atoms with Crippen molar-refractivity contribution in [1.29, 1.82) is 0 Å². The molecule has 0 saturated heterocycles. The molecule has 51 heavy (non-hydrogen) atoms. The fourth-order valence-corrected chi connectivity index (χ4v) is 21.9. The van der Waals surface area contributed by atoms with Crippen molar-refractivity contribution in [3.05, 3.63) is 134 Å². The number of hydrogen-bond acceptors (Lipinski definition) is 4. The van der Waals surface area contributed by atoms with Crippen LogP contribution < -0.4 is 0 Å². The minimum atomic E-state index is -4.51. The van der Waals surface area contributed by atoms with E-state index in [4.69, 9.17) is 5.03 Å². The van der Waals surface area contributed by atoms with E-state index in [1.54, 1.807) is 0 Å². The summed E-state index contributed by atoms with van der Waals surface area (Å²) in [6.45, 7) is 26.6. The van der Waals surface area contributed by atoms with E-state index in [0.717, 1.165) is 62.2 Å². The van der Waals surface area contributed by atoms with Crippen molar-refractivity contribution < 1.29 is 13.4 Å². The van der Waals surface area contributed by atoms with E-state index in [1.807, 2.05) is 24.3 Å². The molecule has 0 aromatic heterocycles. The van der Waals surface area contributed by atoms with Gasteiger partial charge in [-0.25, -0.2) is 0 Å². The predicted molar refractivity (Wildman–Crippen MR) is 233 cm³/mol. The molecule has 4 aromatic rings. The van der Waals surface area contributed by atoms with Crippen molar-refractivity contribution in [2.24, 2.45) is 0 Å². The van der Waals surface area contributed by atoms with Crippen LogP contribution in [0.15, 0.2) is 97.1 Å². The zero-order valence-corrected chi connectivity index (χ0v) is 38.0. The van der Waals surface area contributed by atoms with Gasteiger partial charge in [-0.15, -0.1) is 0 Å². The van der Waals surface area contributed by atoms with Crippen LogP contribution in [0.3, 0.4) is 0 Å². The zero-order chi connectivity index (χ0) is 37.8. The van der Waals surface area contributed by atoms with Gasteiger partial charge in [0.25, 0.3) is 0 Å². The van der Waals surface area contributed by atoms with E-state index in [0.29, 0.717) is 0 Å². The molecule has 0 bridgehead atoms. The molecular formula is C44H60I2O4S. The Hall–Kier alpha value is -1.79. The summed E-state index contributed by atoms with van der Waals surface area (Å²) in [5.74, 6) is 0. The Bertz CT molecular complexity index is 1640. The van der Waals surface area contributed by atoms with Crippen molar-refractivity contribution in [3.8, 4) is 0 Å². The molecular weight excluding hydrogens is 878 g/mol. The molecule has 0 aliphatic heterocycles. The summed E-state index contributed by atoms with van der Waals surface area (Å²) in [4.78, 5) is 0. The van der Waals surface area contributed by atoms with Crippen LogP contribution in [0, 0.1) is 14.3 Å². The van der Waals surface area contributed by atoms with Crippen molar-refractivity contribution in [3.63, 3.8) is 0 Å². The second-order valence-electron chi connectivity index (χ2n) is 15.9. The molecule has 280 valence electrons. The molecule has 0 amide bonds. The maximum absolute atomic E-state index is 14.9. The quantitative estimate of drug-likeness (QED) is 0.105. The topological polar surface area (TPSA) is 52.6 Å². The van der Waals surface area contributed by atoms with E-state index in [1.165, 1.54) is 0 Å². The summed E-state index contributed by atoms with van der Waals surface area (Å²) in [7, 11) is -4.51. The van der Waals surface area contributed by atoms with Crippen LogP contribution in [0.2, 0.25) is 0 Å². The number of hydrogen-bond donors (Lipinski definition) is 0. The summed E-state index contributed by atoms with van der Waals surface area (Å²) in [6.07, 6.45) is 3.62. The Kier molecular flexibility index (Phi) is 13.7. The number of rotatable bonds is 16.